The Labute approximate surface area is 166 Å². The molecule has 6 nitrogen and oxygen atoms in total. The number of nitrogens with one attached hydrogen (secondary N) is 1. The number of likely N-dealkylation sites (N-methyl/N-ethyl adjacent to an activating group) is 1. The van der Waals surface area contributed by atoms with Gasteiger partial charge in [-0.1, -0.05) is 12.1 Å². The maximum Gasteiger partial charge on any atom is 0.243 e. The van der Waals surface area contributed by atoms with Gasteiger partial charge in [-0.2, -0.15) is 0 Å². The van der Waals surface area contributed by atoms with Crippen LogP contribution in [-0.4, -0.2) is 43.5 Å². The van der Waals surface area contributed by atoms with Crippen LogP contribution in [-0.2, 0) is 9.59 Å². The third-order valence-corrected chi connectivity index (χ3v) is 4.24. The molecule has 2 amide bonds. The van der Waals surface area contributed by atoms with Gasteiger partial charge in [-0.15, -0.1) is 0 Å². The molecule has 0 radical (unpaired) electrons. The van der Waals surface area contributed by atoms with Crippen LogP contribution in [0.5, 0.6) is 11.5 Å². The first-order valence-electron chi connectivity index (χ1n) is 9.43. The van der Waals surface area contributed by atoms with E-state index in [1.54, 1.807) is 36.3 Å². The first kappa shape index (κ1) is 21.3. The minimum Gasteiger partial charge on any atom is -0.497 e. The number of hydrogen-bond acceptors (Lipinski definition) is 4. The van der Waals surface area contributed by atoms with Gasteiger partial charge in [0.1, 0.15) is 11.5 Å². The molecule has 0 aromatic heterocycles. The molecule has 2 aromatic carbocycles. The van der Waals surface area contributed by atoms with Gasteiger partial charge in [0.25, 0.3) is 0 Å². The number of aryl methyl sites for hydroxylation is 1. The van der Waals surface area contributed by atoms with E-state index in [2.05, 4.69) is 5.32 Å². The highest BCUT2D eigenvalue weighted by atomic mass is 16.5. The summed E-state index contributed by atoms with van der Waals surface area (Å²) >= 11 is 0. The second-order valence-electron chi connectivity index (χ2n) is 6.45. The second kappa shape index (κ2) is 11.0. The minimum absolute atomic E-state index is 0.0279. The molecule has 2 aromatic rings. The molecule has 0 fully saturated rings. The molecule has 0 bridgehead atoms. The monoisotopic (exact) mass is 384 g/mol. The lowest BCUT2D eigenvalue weighted by molar-refractivity contribution is -0.134. The van der Waals surface area contributed by atoms with Gasteiger partial charge < -0.3 is 19.7 Å². The predicted molar refractivity (Wildman–Crippen MR) is 110 cm³/mol. The van der Waals surface area contributed by atoms with Crippen LogP contribution in [0.1, 0.15) is 25.3 Å². The van der Waals surface area contributed by atoms with Gasteiger partial charge in [-0.3, -0.25) is 9.59 Å². The fourth-order valence-corrected chi connectivity index (χ4v) is 2.70. The zero-order valence-corrected chi connectivity index (χ0v) is 16.7. The summed E-state index contributed by atoms with van der Waals surface area (Å²) in [5, 5.41) is 2.79. The van der Waals surface area contributed by atoms with Crippen molar-refractivity contribution in [1.29, 1.82) is 0 Å². The molecule has 0 aliphatic carbocycles. The van der Waals surface area contributed by atoms with Gasteiger partial charge in [-0.25, -0.2) is 0 Å². The molecule has 0 aliphatic rings. The van der Waals surface area contributed by atoms with E-state index < -0.39 is 0 Å². The highest BCUT2D eigenvalue weighted by Gasteiger charge is 2.15. The Morgan fingerprint density at radius 2 is 1.82 bits per heavy atom. The molecule has 2 rings (SSSR count). The Bertz CT molecular complexity index is 774. The largest absolute Gasteiger partial charge is 0.497 e. The second-order valence-corrected chi connectivity index (χ2v) is 6.45. The zero-order chi connectivity index (χ0) is 20.4. The van der Waals surface area contributed by atoms with Gasteiger partial charge in [-0.05, 0) is 62.2 Å². The van der Waals surface area contributed by atoms with Crippen molar-refractivity contribution in [3.05, 3.63) is 54.1 Å². The Morgan fingerprint density at radius 3 is 2.46 bits per heavy atom. The molecule has 0 unspecified atom stereocenters. The summed E-state index contributed by atoms with van der Waals surface area (Å²) in [6, 6.07) is 14.9. The molecule has 28 heavy (non-hydrogen) atoms. The lowest BCUT2D eigenvalue weighted by Crippen LogP contribution is -2.37. The van der Waals surface area contributed by atoms with Crippen LogP contribution < -0.4 is 14.8 Å². The summed E-state index contributed by atoms with van der Waals surface area (Å²) < 4.78 is 10.8. The summed E-state index contributed by atoms with van der Waals surface area (Å²) in [6.45, 7) is 4.84. The van der Waals surface area contributed by atoms with E-state index in [9.17, 15) is 9.59 Å². The maximum absolute atomic E-state index is 12.4. The topological polar surface area (TPSA) is 67.9 Å². The smallest absolute Gasteiger partial charge is 0.243 e. The average molecular weight is 384 g/mol. The Kier molecular flexibility index (Phi) is 8.34. The van der Waals surface area contributed by atoms with E-state index >= 15 is 0 Å². The number of anilines is 1. The molecule has 0 atom stereocenters. The molecule has 0 aliphatic heterocycles. The molecule has 0 spiro atoms. The number of hydrogen-bond donors (Lipinski definition) is 1. The Hall–Kier alpha value is -3.02. The van der Waals surface area contributed by atoms with Crippen molar-refractivity contribution in [2.75, 3.05) is 32.1 Å². The SMILES string of the molecule is CCN(CC(=O)Nc1ccc(OC)cc1)C(=O)CCCOc1cccc(C)c1. The van der Waals surface area contributed by atoms with Gasteiger partial charge >= 0.3 is 0 Å². The standard InChI is InChI=1S/C22H28N2O4/c1-4-24(16-21(25)23-18-10-12-19(27-3)13-11-18)22(26)9-6-14-28-20-8-5-7-17(2)15-20/h5,7-8,10-13,15H,4,6,9,14,16H2,1-3H3,(H,23,25). The summed E-state index contributed by atoms with van der Waals surface area (Å²) in [7, 11) is 1.59. The number of carbonyl (C=O) groups excluding carboxylic acids is 2. The van der Waals surface area contributed by atoms with Crippen molar-refractivity contribution in [2.24, 2.45) is 0 Å². The molecule has 6 heteroatoms. The number of ether oxygens (including phenoxy) is 2. The van der Waals surface area contributed by atoms with Gasteiger partial charge in [0.15, 0.2) is 0 Å². The van der Waals surface area contributed by atoms with E-state index in [0.29, 0.717) is 31.7 Å². The van der Waals surface area contributed by atoms with Crippen molar-refractivity contribution < 1.29 is 19.1 Å². The van der Waals surface area contributed by atoms with E-state index in [-0.39, 0.29) is 18.4 Å². The van der Waals surface area contributed by atoms with Crippen molar-refractivity contribution >= 4 is 17.5 Å². The van der Waals surface area contributed by atoms with Crippen LogP contribution in [0.3, 0.4) is 0 Å². The summed E-state index contributed by atoms with van der Waals surface area (Å²) in [5.41, 5.74) is 1.80. The quantitative estimate of drug-likeness (QED) is 0.635. The summed E-state index contributed by atoms with van der Waals surface area (Å²) in [5.74, 6) is 1.24. The van der Waals surface area contributed by atoms with Crippen LogP contribution >= 0.6 is 0 Å². The average Bonchev–Trinajstić information content (AvgIpc) is 2.70. The maximum atomic E-state index is 12.4. The first-order valence-corrected chi connectivity index (χ1v) is 9.43. The van der Waals surface area contributed by atoms with Crippen LogP contribution in [0.4, 0.5) is 5.69 Å². The molecule has 1 N–H and O–H groups in total. The lowest BCUT2D eigenvalue weighted by Gasteiger charge is -2.20. The number of carbonyl (C=O) groups is 2. The first-order chi connectivity index (χ1) is 13.5. The Balaban J connectivity index is 1.74. The van der Waals surface area contributed by atoms with E-state index in [0.717, 1.165) is 17.1 Å². The van der Waals surface area contributed by atoms with E-state index in [1.807, 2.05) is 38.1 Å². The van der Waals surface area contributed by atoms with Crippen molar-refractivity contribution in [3.63, 3.8) is 0 Å². The molecular weight excluding hydrogens is 356 g/mol. The highest BCUT2D eigenvalue weighted by Crippen LogP contribution is 2.15. The van der Waals surface area contributed by atoms with Crippen LogP contribution in [0.2, 0.25) is 0 Å². The Morgan fingerprint density at radius 1 is 1.07 bits per heavy atom. The lowest BCUT2D eigenvalue weighted by atomic mass is 10.2. The van der Waals surface area contributed by atoms with Crippen LogP contribution in [0.15, 0.2) is 48.5 Å². The van der Waals surface area contributed by atoms with Crippen molar-refractivity contribution in [1.82, 2.24) is 4.90 Å². The van der Waals surface area contributed by atoms with Gasteiger partial charge in [0.05, 0.1) is 20.3 Å². The molecule has 0 saturated carbocycles. The van der Waals surface area contributed by atoms with Crippen LogP contribution in [0, 0.1) is 6.92 Å². The highest BCUT2D eigenvalue weighted by molar-refractivity contribution is 5.94. The molecule has 150 valence electrons. The molecule has 0 heterocycles. The van der Waals surface area contributed by atoms with Gasteiger partial charge in [0, 0.05) is 18.7 Å². The number of benzene rings is 2. The summed E-state index contributed by atoms with van der Waals surface area (Å²) in [6.07, 6.45) is 0.943. The van der Waals surface area contributed by atoms with Gasteiger partial charge in [0.2, 0.25) is 11.8 Å². The summed E-state index contributed by atoms with van der Waals surface area (Å²) in [4.78, 5) is 26.2. The minimum atomic E-state index is -0.226. The fourth-order valence-electron chi connectivity index (χ4n) is 2.70. The van der Waals surface area contributed by atoms with E-state index in [1.165, 1.54) is 0 Å². The third kappa shape index (κ3) is 6.95. The zero-order valence-electron chi connectivity index (χ0n) is 16.7. The van der Waals surface area contributed by atoms with Crippen molar-refractivity contribution in [3.8, 4) is 11.5 Å². The normalized spacial score (nSPS) is 10.2. The number of rotatable bonds is 10. The number of amides is 2. The van der Waals surface area contributed by atoms with Crippen molar-refractivity contribution in [2.45, 2.75) is 26.7 Å². The number of methoxy groups -OCH3 is 1. The van der Waals surface area contributed by atoms with Crippen LogP contribution in [0.25, 0.3) is 0 Å². The molecular formula is C22H28N2O4. The molecule has 0 saturated heterocycles. The van der Waals surface area contributed by atoms with E-state index in [4.69, 9.17) is 9.47 Å². The fraction of sp³-hybridized carbons (Fsp3) is 0.364. The third-order valence-electron chi connectivity index (χ3n) is 4.24. The predicted octanol–water partition coefficient (Wildman–Crippen LogP) is 3.65. The number of nitrogens with zero attached hydrogens (tertiary/aromatic N) is 1.